The highest BCUT2D eigenvalue weighted by atomic mass is 35.5. The van der Waals surface area contributed by atoms with E-state index in [2.05, 4.69) is 0 Å². The molecule has 0 atom stereocenters. The van der Waals surface area contributed by atoms with Crippen LogP contribution in [0, 0.1) is 17.5 Å². The molecule has 0 amide bonds. The average Bonchev–Trinajstić information content (AvgIpc) is 2.41. The van der Waals surface area contributed by atoms with Gasteiger partial charge in [0.15, 0.2) is 17.4 Å². The molecular formula is C14H11ClF3NO. The van der Waals surface area contributed by atoms with E-state index in [0.717, 1.165) is 18.2 Å². The predicted molar refractivity (Wildman–Crippen MR) is 70.0 cm³/mol. The lowest BCUT2D eigenvalue weighted by molar-refractivity contribution is 0.273. The maximum atomic E-state index is 13.7. The van der Waals surface area contributed by atoms with Crippen LogP contribution in [0.2, 0.25) is 5.02 Å². The van der Waals surface area contributed by atoms with Crippen LogP contribution in [0.25, 0.3) is 0 Å². The van der Waals surface area contributed by atoms with Gasteiger partial charge in [0.1, 0.15) is 12.4 Å². The Bertz CT molecular complexity index is 611. The molecule has 0 saturated heterocycles. The first-order chi connectivity index (χ1) is 9.51. The van der Waals surface area contributed by atoms with Crippen molar-refractivity contribution in [2.45, 2.75) is 13.2 Å². The highest BCUT2D eigenvalue weighted by Crippen LogP contribution is 2.25. The monoisotopic (exact) mass is 301 g/mol. The molecule has 2 aromatic carbocycles. The third-order valence-electron chi connectivity index (χ3n) is 2.67. The second kappa shape index (κ2) is 6.15. The first-order valence-electron chi connectivity index (χ1n) is 5.76. The number of hydrogen-bond acceptors (Lipinski definition) is 2. The molecule has 2 rings (SSSR count). The van der Waals surface area contributed by atoms with E-state index >= 15 is 0 Å². The van der Waals surface area contributed by atoms with Crippen LogP contribution in [0.5, 0.6) is 5.75 Å². The van der Waals surface area contributed by atoms with Gasteiger partial charge in [-0.05, 0) is 35.9 Å². The summed E-state index contributed by atoms with van der Waals surface area (Å²) in [6, 6.07) is 5.85. The van der Waals surface area contributed by atoms with Crippen LogP contribution in [0.15, 0.2) is 30.3 Å². The molecule has 0 bridgehead atoms. The van der Waals surface area contributed by atoms with Gasteiger partial charge in [-0.2, -0.15) is 0 Å². The molecular weight excluding hydrogens is 291 g/mol. The van der Waals surface area contributed by atoms with Crippen molar-refractivity contribution in [1.82, 2.24) is 0 Å². The molecule has 0 saturated carbocycles. The fourth-order valence-corrected chi connectivity index (χ4v) is 1.84. The minimum absolute atomic E-state index is 0.0177. The highest BCUT2D eigenvalue weighted by molar-refractivity contribution is 6.31. The molecule has 106 valence electrons. The number of ether oxygens (including phenoxy) is 1. The normalized spacial score (nSPS) is 10.7. The Morgan fingerprint density at radius 2 is 1.70 bits per heavy atom. The van der Waals surface area contributed by atoms with Crippen LogP contribution in [0.4, 0.5) is 13.2 Å². The molecule has 0 aromatic heterocycles. The van der Waals surface area contributed by atoms with Crippen molar-refractivity contribution in [3.63, 3.8) is 0 Å². The van der Waals surface area contributed by atoms with Crippen molar-refractivity contribution >= 4 is 11.6 Å². The van der Waals surface area contributed by atoms with E-state index < -0.39 is 23.2 Å². The standard InChI is InChI=1S/C14H11ClF3NO/c15-11-2-1-10(16)5-9(11)7-20-14-12(17)3-8(6-19)4-13(14)18/h1-5H,6-7,19H2. The van der Waals surface area contributed by atoms with Crippen molar-refractivity contribution in [1.29, 1.82) is 0 Å². The quantitative estimate of drug-likeness (QED) is 0.932. The van der Waals surface area contributed by atoms with Crippen LogP contribution in [0.1, 0.15) is 11.1 Å². The summed E-state index contributed by atoms with van der Waals surface area (Å²) in [5.41, 5.74) is 5.92. The largest absolute Gasteiger partial charge is 0.483 e. The van der Waals surface area contributed by atoms with Gasteiger partial charge in [0, 0.05) is 17.1 Å². The first-order valence-corrected chi connectivity index (χ1v) is 6.13. The van der Waals surface area contributed by atoms with Crippen molar-refractivity contribution in [3.8, 4) is 5.75 Å². The summed E-state index contributed by atoms with van der Waals surface area (Å²) in [7, 11) is 0. The molecule has 0 aliphatic carbocycles. The summed E-state index contributed by atoms with van der Waals surface area (Å²) in [6.07, 6.45) is 0. The van der Waals surface area contributed by atoms with Crippen molar-refractivity contribution in [2.24, 2.45) is 5.73 Å². The van der Waals surface area contributed by atoms with Crippen LogP contribution < -0.4 is 10.5 Å². The molecule has 0 fully saturated rings. The maximum absolute atomic E-state index is 13.7. The molecule has 2 aromatic rings. The Kier molecular flexibility index (Phi) is 4.52. The molecule has 0 radical (unpaired) electrons. The van der Waals surface area contributed by atoms with Crippen molar-refractivity contribution in [2.75, 3.05) is 0 Å². The van der Waals surface area contributed by atoms with Gasteiger partial charge in [-0.1, -0.05) is 11.6 Å². The zero-order chi connectivity index (χ0) is 14.7. The number of rotatable bonds is 4. The number of halogens is 4. The third kappa shape index (κ3) is 3.23. The minimum atomic E-state index is -0.863. The average molecular weight is 302 g/mol. The van der Waals surface area contributed by atoms with Gasteiger partial charge in [0.05, 0.1) is 0 Å². The first kappa shape index (κ1) is 14.7. The predicted octanol–water partition coefficient (Wildman–Crippen LogP) is 3.80. The second-order valence-electron chi connectivity index (χ2n) is 4.12. The SMILES string of the molecule is NCc1cc(F)c(OCc2cc(F)ccc2Cl)c(F)c1. The summed E-state index contributed by atoms with van der Waals surface area (Å²) in [6.45, 7) is -0.226. The lowest BCUT2D eigenvalue weighted by atomic mass is 10.2. The van der Waals surface area contributed by atoms with E-state index in [0.29, 0.717) is 11.1 Å². The van der Waals surface area contributed by atoms with Crippen LogP contribution in [-0.2, 0) is 13.2 Å². The molecule has 0 aliphatic heterocycles. The molecule has 0 heterocycles. The van der Waals surface area contributed by atoms with E-state index in [9.17, 15) is 13.2 Å². The molecule has 2 nitrogen and oxygen atoms in total. The zero-order valence-corrected chi connectivity index (χ0v) is 11.1. The Labute approximate surface area is 118 Å². The van der Waals surface area contributed by atoms with E-state index in [1.807, 2.05) is 0 Å². The van der Waals surface area contributed by atoms with Gasteiger partial charge in [-0.15, -0.1) is 0 Å². The van der Waals surface area contributed by atoms with Gasteiger partial charge >= 0.3 is 0 Å². The van der Waals surface area contributed by atoms with Crippen molar-refractivity contribution < 1.29 is 17.9 Å². The number of hydrogen-bond donors (Lipinski definition) is 1. The Morgan fingerprint density at radius 3 is 2.30 bits per heavy atom. The lowest BCUT2D eigenvalue weighted by Gasteiger charge is -2.10. The Morgan fingerprint density at radius 1 is 1.05 bits per heavy atom. The Hall–Kier alpha value is -1.72. The molecule has 20 heavy (non-hydrogen) atoms. The van der Waals surface area contributed by atoms with Crippen LogP contribution >= 0.6 is 11.6 Å². The third-order valence-corrected chi connectivity index (χ3v) is 3.04. The lowest BCUT2D eigenvalue weighted by Crippen LogP contribution is -2.04. The summed E-state index contributed by atoms with van der Waals surface area (Å²) < 4.78 is 45.4. The fraction of sp³-hybridized carbons (Fsp3) is 0.143. The number of nitrogens with two attached hydrogens (primary N) is 1. The second-order valence-corrected chi connectivity index (χ2v) is 4.52. The van der Waals surface area contributed by atoms with E-state index in [4.69, 9.17) is 22.1 Å². The van der Waals surface area contributed by atoms with Gasteiger partial charge < -0.3 is 10.5 Å². The van der Waals surface area contributed by atoms with E-state index in [1.165, 1.54) is 12.1 Å². The Balaban J connectivity index is 2.21. The summed E-state index contributed by atoms with van der Waals surface area (Å²) in [5, 5.41) is 0.255. The maximum Gasteiger partial charge on any atom is 0.191 e. The smallest absolute Gasteiger partial charge is 0.191 e. The molecule has 0 aliphatic rings. The topological polar surface area (TPSA) is 35.2 Å². The summed E-state index contributed by atoms with van der Waals surface area (Å²) in [5.74, 6) is -2.77. The highest BCUT2D eigenvalue weighted by Gasteiger charge is 2.13. The number of benzene rings is 2. The van der Waals surface area contributed by atoms with Crippen LogP contribution in [0.3, 0.4) is 0 Å². The molecule has 0 spiro atoms. The van der Waals surface area contributed by atoms with Crippen molar-refractivity contribution in [3.05, 3.63) is 63.9 Å². The molecule has 2 N–H and O–H groups in total. The minimum Gasteiger partial charge on any atom is -0.483 e. The van der Waals surface area contributed by atoms with Gasteiger partial charge in [-0.3, -0.25) is 0 Å². The van der Waals surface area contributed by atoms with Gasteiger partial charge in [0.2, 0.25) is 0 Å². The fourth-order valence-electron chi connectivity index (χ4n) is 1.67. The summed E-state index contributed by atoms with van der Waals surface area (Å²) >= 11 is 5.84. The zero-order valence-electron chi connectivity index (χ0n) is 10.3. The summed E-state index contributed by atoms with van der Waals surface area (Å²) in [4.78, 5) is 0. The van der Waals surface area contributed by atoms with Gasteiger partial charge in [0.25, 0.3) is 0 Å². The molecule has 0 unspecified atom stereocenters. The molecule has 6 heteroatoms. The van der Waals surface area contributed by atoms with Crippen LogP contribution in [-0.4, -0.2) is 0 Å². The van der Waals surface area contributed by atoms with E-state index in [-0.39, 0.29) is 18.2 Å². The van der Waals surface area contributed by atoms with E-state index in [1.54, 1.807) is 0 Å². The van der Waals surface area contributed by atoms with Gasteiger partial charge in [-0.25, -0.2) is 13.2 Å².